The molecule has 0 radical (unpaired) electrons. The molecule has 0 heterocycles. The number of carbonyl (C=O) groups excluding carboxylic acids is 2. The van der Waals surface area contributed by atoms with Crippen molar-refractivity contribution in [3.05, 3.63) is 54.1 Å². The SMILES string of the molecule is CCOc1cccc(NCC(=O)Nc2cccc(CCC(=O)N(C)C)c2)c1. The largest absolute Gasteiger partial charge is 0.494 e. The molecule has 144 valence electrons. The van der Waals surface area contributed by atoms with Gasteiger partial charge >= 0.3 is 0 Å². The van der Waals surface area contributed by atoms with Gasteiger partial charge in [-0.2, -0.15) is 0 Å². The topological polar surface area (TPSA) is 70.7 Å². The number of anilines is 2. The second-order valence-electron chi connectivity index (χ2n) is 6.35. The van der Waals surface area contributed by atoms with Gasteiger partial charge in [-0.3, -0.25) is 9.59 Å². The minimum Gasteiger partial charge on any atom is -0.494 e. The number of rotatable bonds is 9. The Bertz CT molecular complexity index is 775. The summed E-state index contributed by atoms with van der Waals surface area (Å²) in [4.78, 5) is 25.5. The summed E-state index contributed by atoms with van der Waals surface area (Å²) < 4.78 is 5.45. The Morgan fingerprint density at radius 2 is 1.78 bits per heavy atom. The van der Waals surface area contributed by atoms with E-state index >= 15 is 0 Å². The zero-order valence-corrected chi connectivity index (χ0v) is 16.1. The van der Waals surface area contributed by atoms with Gasteiger partial charge in [-0.15, -0.1) is 0 Å². The fourth-order valence-electron chi connectivity index (χ4n) is 2.53. The van der Waals surface area contributed by atoms with Crippen molar-refractivity contribution in [1.29, 1.82) is 0 Å². The molecule has 0 unspecified atom stereocenters. The second kappa shape index (κ2) is 10.2. The second-order valence-corrected chi connectivity index (χ2v) is 6.35. The first-order chi connectivity index (χ1) is 13.0. The number of aryl methyl sites for hydroxylation is 1. The Hall–Kier alpha value is -3.02. The van der Waals surface area contributed by atoms with Gasteiger partial charge in [0.15, 0.2) is 0 Å². The standard InChI is InChI=1S/C21H27N3O3/c1-4-27-19-10-6-8-17(14-19)22-15-20(25)23-18-9-5-7-16(13-18)11-12-21(26)24(2)3/h5-10,13-14,22H,4,11-12,15H2,1-3H3,(H,23,25). The fourth-order valence-corrected chi connectivity index (χ4v) is 2.53. The molecule has 2 rings (SSSR count). The van der Waals surface area contributed by atoms with E-state index in [9.17, 15) is 9.59 Å². The molecule has 27 heavy (non-hydrogen) atoms. The number of ether oxygens (including phenoxy) is 1. The molecule has 2 N–H and O–H groups in total. The van der Waals surface area contributed by atoms with Gasteiger partial charge in [0.05, 0.1) is 13.2 Å². The molecule has 2 amide bonds. The van der Waals surface area contributed by atoms with Crippen molar-refractivity contribution >= 4 is 23.2 Å². The highest BCUT2D eigenvalue weighted by molar-refractivity contribution is 5.93. The molecule has 6 nitrogen and oxygen atoms in total. The Kier molecular flexibility index (Phi) is 7.67. The molecule has 6 heteroatoms. The summed E-state index contributed by atoms with van der Waals surface area (Å²) in [7, 11) is 3.49. The molecule has 0 saturated heterocycles. The number of hydrogen-bond acceptors (Lipinski definition) is 4. The highest BCUT2D eigenvalue weighted by Gasteiger charge is 2.07. The zero-order valence-electron chi connectivity index (χ0n) is 16.1. The van der Waals surface area contributed by atoms with Gasteiger partial charge in [0.2, 0.25) is 11.8 Å². The Morgan fingerprint density at radius 1 is 1.04 bits per heavy atom. The monoisotopic (exact) mass is 369 g/mol. The van der Waals surface area contributed by atoms with Crippen molar-refractivity contribution in [2.24, 2.45) is 0 Å². The average Bonchev–Trinajstić information content (AvgIpc) is 2.65. The first-order valence-corrected chi connectivity index (χ1v) is 9.03. The molecule has 0 spiro atoms. The number of nitrogens with one attached hydrogen (secondary N) is 2. The maximum atomic E-state index is 12.2. The van der Waals surface area contributed by atoms with Crippen LogP contribution < -0.4 is 15.4 Å². The Balaban J connectivity index is 1.85. The summed E-state index contributed by atoms with van der Waals surface area (Å²) in [6, 6.07) is 15.1. The molecule has 0 atom stereocenters. The average molecular weight is 369 g/mol. The fraction of sp³-hybridized carbons (Fsp3) is 0.333. The van der Waals surface area contributed by atoms with Gasteiger partial charge in [0.25, 0.3) is 0 Å². The third kappa shape index (κ3) is 7.01. The van der Waals surface area contributed by atoms with Gasteiger partial charge in [-0.1, -0.05) is 18.2 Å². The minimum absolute atomic E-state index is 0.0860. The van der Waals surface area contributed by atoms with Crippen LogP contribution in [0.5, 0.6) is 5.75 Å². The van der Waals surface area contributed by atoms with E-state index in [2.05, 4.69) is 10.6 Å². The lowest BCUT2D eigenvalue weighted by Crippen LogP contribution is -2.22. The van der Waals surface area contributed by atoms with Gasteiger partial charge in [0.1, 0.15) is 5.75 Å². The lowest BCUT2D eigenvalue weighted by molar-refractivity contribution is -0.128. The number of amides is 2. The molecule has 0 saturated carbocycles. The van der Waals surface area contributed by atoms with Crippen LogP contribution in [0, 0.1) is 0 Å². The molecule has 0 aliphatic carbocycles. The maximum absolute atomic E-state index is 12.2. The van der Waals surface area contributed by atoms with Gasteiger partial charge in [-0.25, -0.2) is 0 Å². The predicted octanol–water partition coefficient (Wildman–Crippen LogP) is 3.16. The number of benzene rings is 2. The van der Waals surface area contributed by atoms with E-state index in [-0.39, 0.29) is 18.4 Å². The highest BCUT2D eigenvalue weighted by atomic mass is 16.5. The summed E-state index contributed by atoms with van der Waals surface area (Å²) in [5.41, 5.74) is 2.56. The number of carbonyl (C=O) groups is 2. The van der Waals surface area contributed by atoms with Crippen LogP contribution in [-0.2, 0) is 16.0 Å². The lowest BCUT2D eigenvalue weighted by Gasteiger charge is -2.11. The minimum atomic E-state index is -0.140. The lowest BCUT2D eigenvalue weighted by atomic mass is 10.1. The highest BCUT2D eigenvalue weighted by Crippen LogP contribution is 2.17. The van der Waals surface area contributed by atoms with Crippen molar-refractivity contribution in [2.45, 2.75) is 19.8 Å². The van der Waals surface area contributed by atoms with Gasteiger partial charge < -0.3 is 20.3 Å². The van der Waals surface area contributed by atoms with Crippen molar-refractivity contribution in [3.63, 3.8) is 0 Å². The normalized spacial score (nSPS) is 10.2. The summed E-state index contributed by atoms with van der Waals surface area (Å²) in [5, 5.41) is 5.96. The smallest absolute Gasteiger partial charge is 0.243 e. The van der Waals surface area contributed by atoms with Crippen LogP contribution in [0.1, 0.15) is 18.9 Å². The Labute approximate surface area is 160 Å². The van der Waals surface area contributed by atoms with E-state index in [1.807, 2.05) is 55.5 Å². The summed E-state index contributed by atoms with van der Waals surface area (Å²) >= 11 is 0. The van der Waals surface area contributed by atoms with Crippen LogP contribution in [0.25, 0.3) is 0 Å². The van der Waals surface area contributed by atoms with Crippen molar-refractivity contribution < 1.29 is 14.3 Å². The molecule has 2 aromatic carbocycles. The molecule has 0 aromatic heterocycles. The van der Waals surface area contributed by atoms with E-state index in [0.29, 0.717) is 19.4 Å². The van der Waals surface area contributed by atoms with Crippen LogP contribution in [0.2, 0.25) is 0 Å². The van der Waals surface area contributed by atoms with Crippen molar-refractivity contribution in [3.8, 4) is 5.75 Å². The van der Waals surface area contributed by atoms with Gasteiger partial charge in [0, 0.05) is 38.0 Å². The molecule has 0 aliphatic rings. The van der Waals surface area contributed by atoms with Crippen LogP contribution in [0.15, 0.2) is 48.5 Å². The van der Waals surface area contributed by atoms with E-state index in [1.54, 1.807) is 19.0 Å². The first kappa shape index (κ1) is 20.3. The van der Waals surface area contributed by atoms with E-state index < -0.39 is 0 Å². The molecule has 0 aliphatic heterocycles. The number of hydrogen-bond donors (Lipinski definition) is 2. The summed E-state index contributed by atoms with van der Waals surface area (Å²) in [6.07, 6.45) is 1.09. The Morgan fingerprint density at radius 3 is 2.52 bits per heavy atom. The van der Waals surface area contributed by atoms with E-state index in [4.69, 9.17) is 4.74 Å². The van der Waals surface area contributed by atoms with Crippen LogP contribution in [0.3, 0.4) is 0 Å². The third-order valence-electron chi connectivity index (χ3n) is 3.94. The van der Waals surface area contributed by atoms with Crippen LogP contribution >= 0.6 is 0 Å². The summed E-state index contributed by atoms with van der Waals surface area (Å²) in [5.74, 6) is 0.712. The number of nitrogens with zero attached hydrogens (tertiary/aromatic N) is 1. The molecular weight excluding hydrogens is 342 g/mol. The predicted molar refractivity (Wildman–Crippen MR) is 108 cm³/mol. The molecular formula is C21H27N3O3. The zero-order chi connectivity index (χ0) is 19.6. The molecule has 0 bridgehead atoms. The summed E-state index contributed by atoms with van der Waals surface area (Å²) in [6.45, 7) is 2.68. The third-order valence-corrected chi connectivity index (χ3v) is 3.94. The van der Waals surface area contributed by atoms with Gasteiger partial charge in [-0.05, 0) is 43.2 Å². The van der Waals surface area contributed by atoms with Crippen molar-refractivity contribution in [1.82, 2.24) is 4.90 Å². The van der Waals surface area contributed by atoms with E-state index in [1.165, 1.54) is 0 Å². The quantitative estimate of drug-likeness (QED) is 0.712. The van der Waals surface area contributed by atoms with E-state index in [0.717, 1.165) is 22.7 Å². The first-order valence-electron chi connectivity index (χ1n) is 9.03. The van der Waals surface area contributed by atoms with Crippen molar-refractivity contribution in [2.75, 3.05) is 37.9 Å². The molecule has 2 aromatic rings. The van der Waals surface area contributed by atoms with Crippen LogP contribution in [-0.4, -0.2) is 44.0 Å². The molecule has 0 fully saturated rings. The maximum Gasteiger partial charge on any atom is 0.243 e. The van der Waals surface area contributed by atoms with Crippen LogP contribution in [0.4, 0.5) is 11.4 Å².